The molecule has 2 aromatic carbocycles. The summed E-state index contributed by atoms with van der Waals surface area (Å²) in [7, 11) is 0. The van der Waals surface area contributed by atoms with E-state index in [1.807, 2.05) is 4.90 Å². The number of nitrogens with two attached hydrogens (primary N) is 1. The van der Waals surface area contributed by atoms with Gasteiger partial charge in [0.1, 0.15) is 0 Å². The quantitative estimate of drug-likeness (QED) is 0.386. The van der Waals surface area contributed by atoms with Crippen LogP contribution in [0.1, 0.15) is 42.4 Å². The van der Waals surface area contributed by atoms with E-state index in [0.29, 0.717) is 54.4 Å². The summed E-state index contributed by atoms with van der Waals surface area (Å²) >= 11 is 0. The summed E-state index contributed by atoms with van der Waals surface area (Å²) in [6.45, 7) is 1.96. The fourth-order valence-electron chi connectivity index (χ4n) is 4.60. The van der Waals surface area contributed by atoms with Crippen molar-refractivity contribution in [1.82, 2.24) is 4.90 Å². The molecule has 0 radical (unpaired) electrons. The van der Waals surface area contributed by atoms with Gasteiger partial charge in [0.25, 0.3) is 5.91 Å². The maximum atomic E-state index is 13.4. The van der Waals surface area contributed by atoms with Crippen LogP contribution in [-0.2, 0) is 0 Å². The zero-order valence-corrected chi connectivity index (χ0v) is 18.4. The molecule has 5 rings (SSSR count). The molecule has 0 saturated carbocycles. The minimum atomic E-state index is -0.303. The van der Waals surface area contributed by atoms with Gasteiger partial charge in [-0.3, -0.25) is 14.4 Å². The van der Waals surface area contributed by atoms with E-state index in [1.54, 1.807) is 47.4 Å². The second-order valence-corrected chi connectivity index (χ2v) is 8.22. The Hall–Kier alpha value is -4.11. The summed E-state index contributed by atoms with van der Waals surface area (Å²) in [5.74, 6) is -0.466. The first-order valence-electron chi connectivity index (χ1n) is 11.1. The van der Waals surface area contributed by atoms with Gasteiger partial charge in [-0.2, -0.15) is 0 Å². The number of anilines is 3. The number of nitrogens with zero attached hydrogens (tertiary/aromatic N) is 2. The molecule has 1 aliphatic carbocycles. The third-order valence-corrected chi connectivity index (χ3v) is 6.28. The first-order chi connectivity index (χ1) is 16.5. The second kappa shape index (κ2) is 8.68. The largest absolute Gasteiger partial charge is 0.459 e. The summed E-state index contributed by atoms with van der Waals surface area (Å²) in [5.41, 5.74) is 8.90. The summed E-state index contributed by atoms with van der Waals surface area (Å²) in [4.78, 5) is 43.1. The monoisotopic (exact) mass is 460 g/mol. The molecule has 34 heavy (non-hydrogen) atoms. The van der Waals surface area contributed by atoms with Crippen molar-refractivity contribution in [3.8, 4) is 0 Å². The lowest BCUT2D eigenvalue weighted by atomic mass is 9.81. The van der Waals surface area contributed by atoms with Crippen molar-refractivity contribution in [3.05, 3.63) is 76.7 Å². The fraction of sp³-hybridized carbons (Fsp3) is 0.240. The van der Waals surface area contributed by atoms with Gasteiger partial charge in [0, 0.05) is 49.5 Å². The van der Waals surface area contributed by atoms with Crippen molar-refractivity contribution >= 4 is 34.5 Å². The minimum Gasteiger partial charge on any atom is -0.459 e. The molecule has 0 bridgehead atoms. The zero-order valence-electron chi connectivity index (χ0n) is 18.4. The molecular weight excluding hydrogens is 436 g/mol. The van der Waals surface area contributed by atoms with Crippen LogP contribution >= 0.6 is 0 Å². The molecule has 0 unspecified atom stereocenters. The summed E-state index contributed by atoms with van der Waals surface area (Å²) in [6, 6.07) is 11.8. The Balaban J connectivity index is 1.50. The van der Waals surface area contributed by atoms with Gasteiger partial charge in [0.05, 0.1) is 35.4 Å². The van der Waals surface area contributed by atoms with E-state index in [1.165, 1.54) is 6.26 Å². The van der Waals surface area contributed by atoms with Crippen LogP contribution in [0.3, 0.4) is 0 Å². The third-order valence-electron chi connectivity index (χ3n) is 6.28. The SMILES string of the molecule is Nc1c(N2CCN(C(=O)c3ccco3)CC2)cc(NCCO)c2c1C(=O)c1ccccc1C2=O. The Bertz CT molecular complexity index is 1280. The van der Waals surface area contributed by atoms with Crippen molar-refractivity contribution in [2.45, 2.75) is 0 Å². The van der Waals surface area contributed by atoms with Crippen LogP contribution in [-0.4, -0.2) is 66.8 Å². The number of piperazine rings is 1. The molecule has 1 saturated heterocycles. The van der Waals surface area contributed by atoms with Crippen molar-refractivity contribution in [1.29, 1.82) is 0 Å². The van der Waals surface area contributed by atoms with Gasteiger partial charge in [0.15, 0.2) is 17.3 Å². The lowest BCUT2D eigenvalue weighted by Gasteiger charge is -2.37. The summed E-state index contributed by atoms with van der Waals surface area (Å²) in [6.07, 6.45) is 1.47. The molecule has 1 fully saturated rings. The average Bonchev–Trinajstić information content (AvgIpc) is 3.41. The maximum absolute atomic E-state index is 13.4. The highest BCUT2D eigenvalue weighted by Gasteiger charge is 2.36. The lowest BCUT2D eigenvalue weighted by molar-refractivity contribution is 0.0714. The van der Waals surface area contributed by atoms with Crippen LogP contribution in [0.4, 0.5) is 17.1 Å². The first-order valence-corrected chi connectivity index (χ1v) is 11.1. The second-order valence-electron chi connectivity index (χ2n) is 8.22. The molecule has 1 aliphatic heterocycles. The highest BCUT2D eigenvalue weighted by molar-refractivity contribution is 6.32. The number of carbonyl (C=O) groups excluding carboxylic acids is 3. The van der Waals surface area contributed by atoms with E-state index in [4.69, 9.17) is 10.2 Å². The Labute approximate surface area is 195 Å². The minimum absolute atomic E-state index is 0.138. The molecular formula is C25H24N4O5. The molecule has 1 amide bonds. The van der Waals surface area contributed by atoms with E-state index >= 15 is 0 Å². The molecule has 1 aromatic heterocycles. The van der Waals surface area contributed by atoms with Crippen LogP contribution in [0.5, 0.6) is 0 Å². The van der Waals surface area contributed by atoms with Crippen molar-refractivity contribution in [2.75, 3.05) is 55.3 Å². The number of nitrogens with one attached hydrogen (secondary N) is 1. The number of hydrogen-bond donors (Lipinski definition) is 3. The number of amides is 1. The van der Waals surface area contributed by atoms with Gasteiger partial charge < -0.3 is 30.4 Å². The smallest absolute Gasteiger partial charge is 0.289 e. The highest BCUT2D eigenvalue weighted by atomic mass is 16.3. The number of fused-ring (bicyclic) bond motifs is 2. The van der Waals surface area contributed by atoms with E-state index in [0.717, 1.165) is 0 Å². The number of aliphatic hydroxyl groups excluding tert-OH is 1. The molecule has 2 heterocycles. The van der Waals surface area contributed by atoms with Crippen LogP contribution in [0, 0.1) is 0 Å². The van der Waals surface area contributed by atoms with Gasteiger partial charge >= 0.3 is 0 Å². The molecule has 9 nitrogen and oxygen atoms in total. The van der Waals surface area contributed by atoms with Crippen molar-refractivity contribution in [2.24, 2.45) is 0 Å². The summed E-state index contributed by atoms with van der Waals surface area (Å²) in [5, 5.41) is 12.4. The predicted octanol–water partition coefficient (Wildman–Crippen LogP) is 2.00. The van der Waals surface area contributed by atoms with Crippen LogP contribution < -0.4 is 16.0 Å². The third kappa shape index (κ3) is 3.50. The van der Waals surface area contributed by atoms with Crippen molar-refractivity contribution in [3.63, 3.8) is 0 Å². The van der Waals surface area contributed by atoms with E-state index < -0.39 is 0 Å². The normalized spacial score (nSPS) is 15.2. The van der Waals surface area contributed by atoms with Crippen LogP contribution in [0.25, 0.3) is 0 Å². The predicted molar refractivity (Wildman–Crippen MR) is 127 cm³/mol. The number of furan rings is 1. The van der Waals surface area contributed by atoms with Crippen molar-refractivity contribution < 1.29 is 23.9 Å². The first kappa shape index (κ1) is 21.7. The van der Waals surface area contributed by atoms with Gasteiger partial charge in [-0.25, -0.2) is 0 Å². The lowest BCUT2D eigenvalue weighted by Crippen LogP contribution is -2.49. The Morgan fingerprint density at radius 2 is 1.68 bits per heavy atom. The Kier molecular flexibility index (Phi) is 5.54. The number of nitrogen functional groups attached to an aromatic ring is 1. The molecule has 9 heteroatoms. The average molecular weight is 460 g/mol. The van der Waals surface area contributed by atoms with Gasteiger partial charge in [-0.1, -0.05) is 24.3 Å². The molecule has 3 aromatic rings. The van der Waals surface area contributed by atoms with E-state index in [9.17, 15) is 19.5 Å². The zero-order chi connectivity index (χ0) is 23.8. The summed E-state index contributed by atoms with van der Waals surface area (Å²) < 4.78 is 5.22. The number of hydrogen-bond acceptors (Lipinski definition) is 8. The van der Waals surface area contributed by atoms with Crippen LogP contribution in [0.15, 0.2) is 53.1 Å². The maximum Gasteiger partial charge on any atom is 0.289 e. The number of benzene rings is 2. The van der Waals surface area contributed by atoms with Gasteiger partial charge in [0.2, 0.25) is 0 Å². The molecule has 0 atom stereocenters. The molecule has 2 aliphatic rings. The van der Waals surface area contributed by atoms with Gasteiger partial charge in [-0.05, 0) is 18.2 Å². The Morgan fingerprint density at radius 1 is 1.00 bits per heavy atom. The number of ketones is 2. The number of aliphatic hydroxyl groups is 1. The van der Waals surface area contributed by atoms with E-state index in [2.05, 4.69) is 5.32 Å². The highest BCUT2D eigenvalue weighted by Crippen LogP contribution is 2.41. The number of rotatable bonds is 5. The standard InChI is InChI=1S/C25H24N4O5/c26-22-18(28-8-10-29(11-9-28)25(33)19-6-3-13-34-19)14-17(27-7-12-30)20-21(22)24(32)16-5-2-1-4-15(16)23(20)31/h1-6,13-14,27,30H,7-12,26H2. The molecule has 4 N–H and O–H groups in total. The number of carbonyl (C=O) groups is 3. The van der Waals surface area contributed by atoms with E-state index in [-0.39, 0.29) is 47.4 Å². The molecule has 174 valence electrons. The fourth-order valence-corrected chi connectivity index (χ4v) is 4.60. The van der Waals surface area contributed by atoms with Gasteiger partial charge in [-0.15, -0.1) is 0 Å². The Morgan fingerprint density at radius 3 is 2.29 bits per heavy atom. The molecule has 0 spiro atoms. The van der Waals surface area contributed by atoms with Crippen LogP contribution in [0.2, 0.25) is 0 Å². The topological polar surface area (TPSA) is 129 Å².